The van der Waals surface area contributed by atoms with E-state index >= 15 is 0 Å². The third-order valence-electron chi connectivity index (χ3n) is 5.75. The van der Waals surface area contributed by atoms with Crippen LogP contribution in [0.15, 0.2) is 47.4 Å². The summed E-state index contributed by atoms with van der Waals surface area (Å²) in [6, 6.07) is 11.0. The molecule has 0 unspecified atom stereocenters. The number of pyridine rings is 2. The Morgan fingerprint density at radius 1 is 1.03 bits per heavy atom. The number of methoxy groups -OCH3 is 2. The molecule has 0 amide bonds. The number of hydrogen-bond acceptors (Lipinski definition) is 6. The highest BCUT2D eigenvalue weighted by atomic mass is 16.5. The summed E-state index contributed by atoms with van der Waals surface area (Å²) in [6.07, 6.45) is 1.17. The monoisotopic (exact) mass is 416 g/mol. The van der Waals surface area contributed by atoms with Crippen molar-refractivity contribution in [1.82, 2.24) is 9.38 Å². The number of hydrogen-bond donors (Lipinski definition) is 0. The van der Waals surface area contributed by atoms with Gasteiger partial charge in [0.2, 0.25) is 0 Å². The van der Waals surface area contributed by atoms with Crippen molar-refractivity contribution >= 4 is 43.9 Å². The van der Waals surface area contributed by atoms with Gasteiger partial charge in [0, 0.05) is 22.4 Å². The number of ketones is 1. The van der Waals surface area contributed by atoms with Crippen molar-refractivity contribution in [3.8, 4) is 17.2 Å². The number of Topliss-reactive ketones (excluding diaryl/α,β-unsaturated/α-hetero) is 1. The van der Waals surface area contributed by atoms with E-state index in [9.17, 15) is 9.59 Å². The maximum absolute atomic E-state index is 13.7. The molecule has 0 bridgehead atoms. The number of ether oxygens (including phenoxy) is 3. The molecule has 3 aromatic heterocycles. The second-order valence-electron chi connectivity index (χ2n) is 7.47. The minimum absolute atomic E-state index is 0.0569. The van der Waals surface area contributed by atoms with Crippen LogP contribution in [-0.2, 0) is 4.79 Å². The Balaban J connectivity index is 1.93. The van der Waals surface area contributed by atoms with Gasteiger partial charge in [-0.3, -0.25) is 19.0 Å². The fourth-order valence-corrected chi connectivity index (χ4v) is 4.16. The van der Waals surface area contributed by atoms with E-state index in [4.69, 9.17) is 14.2 Å². The highest BCUT2D eigenvalue weighted by molar-refractivity contribution is 6.19. The van der Waals surface area contributed by atoms with Crippen molar-refractivity contribution in [3.63, 3.8) is 0 Å². The lowest BCUT2D eigenvalue weighted by atomic mass is 10.1. The van der Waals surface area contributed by atoms with Crippen LogP contribution in [0.25, 0.3) is 38.1 Å². The van der Waals surface area contributed by atoms with Gasteiger partial charge in [-0.2, -0.15) is 0 Å². The first kappa shape index (κ1) is 19.1. The van der Waals surface area contributed by atoms with Gasteiger partial charge in [-0.1, -0.05) is 0 Å². The predicted molar refractivity (Wildman–Crippen MR) is 119 cm³/mol. The lowest BCUT2D eigenvalue weighted by Gasteiger charge is -2.12. The average Bonchev–Trinajstić information content (AvgIpc) is 3.11. The van der Waals surface area contributed by atoms with Crippen LogP contribution >= 0.6 is 0 Å². The van der Waals surface area contributed by atoms with Crippen LogP contribution in [0.2, 0.25) is 0 Å². The van der Waals surface area contributed by atoms with E-state index in [1.807, 2.05) is 24.3 Å². The van der Waals surface area contributed by atoms with Crippen LogP contribution < -0.4 is 19.8 Å². The largest absolute Gasteiger partial charge is 0.493 e. The fourth-order valence-electron chi connectivity index (χ4n) is 4.16. The Kier molecular flexibility index (Phi) is 4.22. The highest BCUT2D eigenvalue weighted by Crippen LogP contribution is 2.39. The van der Waals surface area contributed by atoms with Gasteiger partial charge in [0.1, 0.15) is 5.75 Å². The third kappa shape index (κ3) is 2.63. The van der Waals surface area contributed by atoms with E-state index in [1.165, 1.54) is 21.1 Å². The molecular formula is C24H20N2O5. The van der Waals surface area contributed by atoms with Gasteiger partial charge in [0.25, 0.3) is 5.56 Å². The van der Waals surface area contributed by atoms with E-state index in [0.717, 1.165) is 21.8 Å². The number of carbonyl (C=O) groups excluding carboxylic acids is 1. The number of nitrogens with zero attached hydrogens (tertiary/aromatic N) is 2. The van der Waals surface area contributed by atoms with E-state index < -0.39 is 6.10 Å². The number of fused-ring (bicyclic) bond motifs is 5. The molecular weight excluding hydrogens is 396 g/mol. The molecule has 2 aromatic carbocycles. The first-order valence-corrected chi connectivity index (χ1v) is 9.86. The van der Waals surface area contributed by atoms with Gasteiger partial charge in [-0.05, 0) is 50.2 Å². The first-order valence-electron chi connectivity index (χ1n) is 9.86. The van der Waals surface area contributed by atoms with Crippen LogP contribution in [0, 0.1) is 0 Å². The lowest BCUT2D eigenvalue weighted by molar-refractivity contribution is -0.122. The molecule has 3 heterocycles. The zero-order chi connectivity index (χ0) is 21.9. The number of aromatic nitrogens is 2. The molecule has 31 heavy (non-hydrogen) atoms. The van der Waals surface area contributed by atoms with Gasteiger partial charge >= 0.3 is 0 Å². The first-order chi connectivity index (χ1) is 15.0. The van der Waals surface area contributed by atoms with Crippen molar-refractivity contribution in [2.75, 3.05) is 14.2 Å². The molecule has 0 spiro atoms. The van der Waals surface area contributed by atoms with E-state index in [-0.39, 0.29) is 11.3 Å². The van der Waals surface area contributed by atoms with Gasteiger partial charge in [-0.25, -0.2) is 0 Å². The zero-order valence-corrected chi connectivity index (χ0v) is 17.6. The van der Waals surface area contributed by atoms with Crippen LogP contribution in [0.3, 0.4) is 0 Å². The number of rotatable bonds is 5. The Bertz CT molecular complexity index is 1550. The molecule has 0 saturated heterocycles. The normalized spacial score (nSPS) is 12.6. The van der Waals surface area contributed by atoms with E-state index in [0.29, 0.717) is 33.5 Å². The molecule has 0 radical (unpaired) electrons. The number of benzene rings is 2. The molecule has 5 aromatic rings. The summed E-state index contributed by atoms with van der Waals surface area (Å²) in [5.41, 5.74) is 1.95. The van der Waals surface area contributed by atoms with Crippen LogP contribution in [-0.4, -0.2) is 35.5 Å². The summed E-state index contributed by atoms with van der Waals surface area (Å²) < 4.78 is 18.4. The molecule has 0 fully saturated rings. The van der Waals surface area contributed by atoms with Gasteiger partial charge in [0.15, 0.2) is 23.4 Å². The van der Waals surface area contributed by atoms with Crippen molar-refractivity contribution in [1.29, 1.82) is 0 Å². The Hall–Kier alpha value is -3.87. The second-order valence-corrected chi connectivity index (χ2v) is 7.47. The van der Waals surface area contributed by atoms with Crippen LogP contribution in [0.5, 0.6) is 17.2 Å². The molecule has 7 heteroatoms. The maximum atomic E-state index is 13.7. The third-order valence-corrected chi connectivity index (χ3v) is 5.75. The average molecular weight is 416 g/mol. The molecule has 5 rings (SSSR count). The van der Waals surface area contributed by atoms with Crippen LogP contribution in [0.1, 0.15) is 13.8 Å². The molecule has 1 atom stereocenters. The van der Waals surface area contributed by atoms with Gasteiger partial charge in [0.05, 0.1) is 36.2 Å². The van der Waals surface area contributed by atoms with Crippen molar-refractivity contribution in [3.05, 3.63) is 52.9 Å². The molecule has 0 N–H and O–H groups in total. The minimum Gasteiger partial charge on any atom is -0.493 e. The summed E-state index contributed by atoms with van der Waals surface area (Å²) in [5.74, 6) is 1.37. The van der Waals surface area contributed by atoms with E-state index in [1.54, 1.807) is 29.7 Å². The predicted octanol–water partition coefficient (Wildman–Crippen LogP) is 3.97. The molecule has 156 valence electrons. The summed E-state index contributed by atoms with van der Waals surface area (Å²) in [7, 11) is 3.05. The summed E-state index contributed by atoms with van der Waals surface area (Å²) in [4.78, 5) is 29.9. The van der Waals surface area contributed by atoms with Crippen LogP contribution in [0.4, 0.5) is 0 Å². The maximum Gasteiger partial charge on any atom is 0.267 e. The summed E-state index contributed by atoms with van der Waals surface area (Å²) in [5, 5.41) is 2.84. The zero-order valence-electron chi connectivity index (χ0n) is 17.6. The lowest BCUT2D eigenvalue weighted by Crippen LogP contribution is -2.20. The highest BCUT2D eigenvalue weighted by Gasteiger charge is 2.22. The van der Waals surface area contributed by atoms with Crippen molar-refractivity contribution in [2.45, 2.75) is 20.0 Å². The molecule has 0 aliphatic carbocycles. The topological polar surface area (TPSA) is 79.1 Å². The molecule has 0 aliphatic rings. The fraction of sp³-hybridized carbons (Fsp3) is 0.208. The Morgan fingerprint density at radius 2 is 1.84 bits per heavy atom. The smallest absolute Gasteiger partial charge is 0.267 e. The Morgan fingerprint density at radius 3 is 2.55 bits per heavy atom. The second kappa shape index (κ2) is 6.84. The Labute approximate surface area is 177 Å². The van der Waals surface area contributed by atoms with E-state index in [2.05, 4.69) is 4.98 Å². The minimum atomic E-state index is -0.554. The van der Waals surface area contributed by atoms with Crippen molar-refractivity contribution in [2.24, 2.45) is 0 Å². The summed E-state index contributed by atoms with van der Waals surface area (Å²) in [6.45, 7) is 3.21. The SMILES string of the molecule is COc1ccc2c(c1OC)c(=O)n1c3ccc(O[C@H](C)C(C)=O)cc3c3ccnc2c31. The molecule has 7 nitrogen and oxygen atoms in total. The van der Waals surface area contributed by atoms with Gasteiger partial charge in [-0.15, -0.1) is 0 Å². The van der Waals surface area contributed by atoms with Gasteiger partial charge < -0.3 is 14.2 Å². The summed E-state index contributed by atoms with van der Waals surface area (Å²) >= 11 is 0. The standard InChI is InChI=1S/C24H20N2O5/c1-12(27)13(2)31-14-5-7-18-17(11-14)15-9-10-25-21-16-6-8-19(29-3)23(30-4)20(16)24(28)26(18)22(15)21/h5-11,13H,1-4H3/t13-/m1/s1. The number of carbonyl (C=O) groups is 1. The molecule has 0 aliphatic heterocycles. The van der Waals surface area contributed by atoms with Crippen molar-refractivity contribution < 1.29 is 19.0 Å². The quantitative estimate of drug-likeness (QED) is 0.404. The molecule has 0 saturated carbocycles.